The van der Waals surface area contributed by atoms with Gasteiger partial charge in [0.05, 0.1) is 0 Å². The molecule has 4 heterocycles. The van der Waals surface area contributed by atoms with Crippen molar-refractivity contribution in [3.63, 3.8) is 0 Å². The van der Waals surface area contributed by atoms with Gasteiger partial charge in [-0.05, 0) is 0 Å². The van der Waals surface area contributed by atoms with Crippen molar-refractivity contribution >= 4 is 28.1 Å². The summed E-state index contributed by atoms with van der Waals surface area (Å²) in [5, 5.41) is 0.962. The fourth-order valence-electron chi connectivity index (χ4n) is 2.73. The molecule has 4 rings (SSSR count). The average molecular weight is 331 g/mol. The van der Waals surface area contributed by atoms with E-state index < -0.39 is 0 Å². The van der Waals surface area contributed by atoms with Crippen LogP contribution in [0.15, 0.2) is 24.8 Å². The first-order valence-electron chi connectivity index (χ1n) is 7.44. The van der Waals surface area contributed by atoms with E-state index in [0.29, 0.717) is 6.61 Å². The number of nitrogens with zero attached hydrogens (tertiary/aromatic N) is 7. The number of methoxy groups -OCH3 is 1. The molecule has 1 aliphatic rings. The van der Waals surface area contributed by atoms with E-state index in [0.717, 1.165) is 48.6 Å². The Balaban J connectivity index is 1.47. The summed E-state index contributed by atoms with van der Waals surface area (Å²) < 4.78 is 11.4. The average Bonchev–Trinajstić information content (AvgIpc) is 3.24. The summed E-state index contributed by atoms with van der Waals surface area (Å²) in [6.45, 7) is 4.02. The minimum absolute atomic E-state index is 0.461. The van der Waals surface area contributed by atoms with Crippen LogP contribution in [-0.2, 0) is 11.3 Å². The first-order valence-corrected chi connectivity index (χ1v) is 8.21. The Morgan fingerprint density at radius 1 is 1.09 bits per heavy atom. The molecule has 0 amide bonds. The Kier molecular flexibility index (Phi) is 3.80. The van der Waals surface area contributed by atoms with Crippen molar-refractivity contribution in [2.75, 3.05) is 43.1 Å². The minimum atomic E-state index is 0.461. The summed E-state index contributed by atoms with van der Waals surface area (Å²) in [6, 6.07) is 0. The minimum Gasteiger partial charge on any atom is -0.377 e. The van der Waals surface area contributed by atoms with Gasteiger partial charge in [0.2, 0.25) is 5.13 Å². The highest BCUT2D eigenvalue weighted by molar-refractivity contribution is 7.09. The maximum atomic E-state index is 5.07. The van der Waals surface area contributed by atoms with Crippen LogP contribution in [0.25, 0.3) is 5.65 Å². The van der Waals surface area contributed by atoms with Crippen LogP contribution in [0.3, 0.4) is 0 Å². The molecule has 0 N–H and O–H groups in total. The van der Waals surface area contributed by atoms with Crippen molar-refractivity contribution in [3.05, 3.63) is 30.6 Å². The molecular formula is C14H17N7OS. The molecule has 1 fully saturated rings. The maximum absolute atomic E-state index is 5.07. The van der Waals surface area contributed by atoms with E-state index in [2.05, 4.69) is 29.1 Å². The molecule has 3 aromatic rings. The third-order valence-corrected chi connectivity index (χ3v) is 4.69. The first kappa shape index (κ1) is 14.3. The van der Waals surface area contributed by atoms with Crippen molar-refractivity contribution in [2.24, 2.45) is 0 Å². The van der Waals surface area contributed by atoms with Crippen LogP contribution < -0.4 is 9.80 Å². The molecule has 3 aromatic heterocycles. The van der Waals surface area contributed by atoms with E-state index in [1.165, 1.54) is 11.5 Å². The zero-order valence-electron chi connectivity index (χ0n) is 12.8. The van der Waals surface area contributed by atoms with E-state index in [9.17, 15) is 0 Å². The lowest BCUT2D eigenvalue weighted by atomic mass is 10.3. The molecule has 23 heavy (non-hydrogen) atoms. The number of fused-ring (bicyclic) bond motifs is 1. The lowest BCUT2D eigenvalue weighted by molar-refractivity contribution is 0.179. The van der Waals surface area contributed by atoms with Crippen molar-refractivity contribution < 1.29 is 4.74 Å². The van der Waals surface area contributed by atoms with Gasteiger partial charge in [-0.2, -0.15) is 4.37 Å². The standard InChI is InChI=1S/C14H17N7OS/c1-22-10-11-17-14(23-18-11)21-8-6-20(7-9-21)13-12-15-2-4-19(12)5-3-16-13/h2-5H,6-10H2,1H3. The van der Waals surface area contributed by atoms with Crippen molar-refractivity contribution in [3.8, 4) is 0 Å². The van der Waals surface area contributed by atoms with E-state index in [1.54, 1.807) is 13.3 Å². The second-order valence-electron chi connectivity index (χ2n) is 5.31. The van der Waals surface area contributed by atoms with Gasteiger partial charge >= 0.3 is 0 Å². The van der Waals surface area contributed by atoms with E-state index in [1.807, 2.05) is 23.0 Å². The zero-order chi connectivity index (χ0) is 15.6. The summed E-state index contributed by atoms with van der Waals surface area (Å²) in [6.07, 6.45) is 7.48. The first-order chi connectivity index (χ1) is 11.3. The second-order valence-corrected chi connectivity index (χ2v) is 6.04. The monoisotopic (exact) mass is 331 g/mol. The fourth-order valence-corrected chi connectivity index (χ4v) is 3.46. The highest BCUT2D eigenvalue weighted by Gasteiger charge is 2.22. The predicted molar refractivity (Wildman–Crippen MR) is 88.0 cm³/mol. The van der Waals surface area contributed by atoms with Crippen molar-refractivity contribution in [2.45, 2.75) is 6.61 Å². The van der Waals surface area contributed by atoms with Gasteiger partial charge in [-0.15, -0.1) is 0 Å². The summed E-state index contributed by atoms with van der Waals surface area (Å²) >= 11 is 1.43. The topological polar surface area (TPSA) is 71.7 Å². The van der Waals surface area contributed by atoms with Crippen LogP contribution in [-0.4, -0.2) is 57.0 Å². The maximum Gasteiger partial charge on any atom is 0.205 e. The van der Waals surface area contributed by atoms with Gasteiger partial charge in [-0.3, -0.25) is 0 Å². The Bertz CT molecular complexity index is 793. The molecule has 0 spiro atoms. The van der Waals surface area contributed by atoms with Gasteiger partial charge in [0, 0.05) is 69.6 Å². The number of hydrogen-bond donors (Lipinski definition) is 0. The smallest absolute Gasteiger partial charge is 0.205 e. The highest BCUT2D eigenvalue weighted by atomic mass is 32.1. The molecule has 0 aromatic carbocycles. The van der Waals surface area contributed by atoms with Crippen molar-refractivity contribution in [1.29, 1.82) is 0 Å². The van der Waals surface area contributed by atoms with Crippen molar-refractivity contribution in [1.82, 2.24) is 23.7 Å². The van der Waals surface area contributed by atoms with Crippen LogP contribution >= 0.6 is 11.5 Å². The molecule has 1 saturated heterocycles. The molecule has 9 heteroatoms. The quantitative estimate of drug-likeness (QED) is 0.707. The third kappa shape index (κ3) is 2.73. The van der Waals surface area contributed by atoms with Gasteiger partial charge in [0.1, 0.15) is 6.61 Å². The lowest BCUT2D eigenvalue weighted by Crippen LogP contribution is -2.47. The second kappa shape index (κ2) is 6.09. The number of hydrogen-bond acceptors (Lipinski definition) is 8. The summed E-state index contributed by atoms with van der Waals surface area (Å²) in [7, 11) is 1.66. The Labute approximate surface area is 137 Å². The van der Waals surface area contributed by atoms with E-state index in [-0.39, 0.29) is 0 Å². The highest BCUT2D eigenvalue weighted by Crippen LogP contribution is 2.23. The summed E-state index contributed by atoms with van der Waals surface area (Å²) in [5.41, 5.74) is 0.902. The van der Waals surface area contributed by atoms with Crippen LogP contribution in [0.4, 0.5) is 10.9 Å². The molecule has 1 aliphatic heterocycles. The molecule has 0 radical (unpaired) electrons. The van der Waals surface area contributed by atoms with Crippen LogP contribution in [0.1, 0.15) is 5.82 Å². The van der Waals surface area contributed by atoms with Crippen LogP contribution in [0, 0.1) is 0 Å². The van der Waals surface area contributed by atoms with Gasteiger partial charge in [0.25, 0.3) is 0 Å². The molecule has 120 valence electrons. The number of ether oxygens (including phenoxy) is 1. The molecule has 0 saturated carbocycles. The fraction of sp³-hybridized carbons (Fsp3) is 0.429. The predicted octanol–water partition coefficient (Wildman–Crippen LogP) is 1.05. The molecule has 0 aliphatic carbocycles. The van der Waals surface area contributed by atoms with Crippen LogP contribution in [0.2, 0.25) is 0 Å². The van der Waals surface area contributed by atoms with E-state index in [4.69, 9.17) is 4.74 Å². The number of aromatic nitrogens is 5. The van der Waals surface area contributed by atoms with Gasteiger partial charge in [-0.1, -0.05) is 0 Å². The summed E-state index contributed by atoms with van der Waals surface area (Å²) in [4.78, 5) is 18.0. The summed E-state index contributed by atoms with van der Waals surface area (Å²) in [5.74, 6) is 1.69. The Morgan fingerprint density at radius 2 is 1.83 bits per heavy atom. The molecular weight excluding hydrogens is 314 g/mol. The SMILES string of the molecule is COCc1nsc(N2CCN(c3nccn4ccnc34)CC2)n1. The molecule has 0 bridgehead atoms. The number of imidazole rings is 1. The zero-order valence-corrected chi connectivity index (χ0v) is 13.6. The normalized spacial score (nSPS) is 15.5. The van der Waals surface area contributed by atoms with Crippen LogP contribution in [0.5, 0.6) is 0 Å². The Morgan fingerprint density at radius 3 is 2.61 bits per heavy atom. The lowest BCUT2D eigenvalue weighted by Gasteiger charge is -2.34. The van der Waals surface area contributed by atoms with Gasteiger partial charge < -0.3 is 18.9 Å². The van der Waals surface area contributed by atoms with Gasteiger partial charge in [0.15, 0.2) is 17.3 Å². The number of piperazine rings is 1. The number of anilines is 2. The molecule has 0 atom stereocenters. The number of rotatable bonds is 4. The third-order valence-electron chi connectivity index (χ3n) is 3.87. The molecule has 8 nitrogen and oxygen atoms in total. The van der Waals surface area contributed by atoms with Gasteiger partial charge in [-0.25, -0.2) is 15.0 Å². The largest absolute Gasteiger partial charge is 0.377 e. The van der Waals surface area contributed by atoms with E-state index >= 15 is 0 Å². The Hall–Kier alpha value is -2.26. The molecule has 0 unspecified atom stereocenters.